The summed E-state index contributed by atoms with van der Waals surface area (Å²) in [7, 11) is 3.98. The van der Waals surface area contributed by atoms with Crippen molar-refractivity contribution in [2.75, 3.05) is 27.2 Å². The van der Waals surface area contributed by atoms with E-state index in [-0.39, 0.29) is 6.10 Å². The van der Waals surface area contributed by atoms with E-state index < -0.39 is 0 Å². The predicted octanol–water partition coefficient (Wildman–Crippen LogP) is 4.25. The van der Waals surface area contributed by atoms with Crippen LogP contribution in [-0.2, 0) is 4.74 Å². The first-order chi connectivity index (χ1) is 12.2. The summed E-state index contributed by atoms with van der Waals surface area (Å²) in [6.45, 7) is 3.66. The summed E-state index contributed by atoms with van der Waals surface area (Å²) in [5.41, 5.74) is 2.20. The highest BCUT2D eigenvalue weighted by atomic mass is 32.1. The summed E-state index contributed by atoms with van der Waals surface area (Å²) >= 11 is 1.67. The Morgan fingerprint density at radius 3 is 2.64 bits per heavy atom. The van der Waals surface area contributed by atoms with Crippen LogP contribution in [0, 0.1) is 5.41 Å². The van der Waals surface area contributed by atoms with Gasteiger partial charge in [0.05, 0.1) is 6.61 Å². The Morgan fingerprint density at radius 1 is 1.28 bits per heavy atom. The van der Waals surface area contributed by atoms with Gasteiger partial charge in [0, 0.05) is 36.4 Å². The van der Waals surface area contributed by atoms with Crippen molar-refractivity contribution in [1.82, 2.24) is 10.2 Å². The van der Waals surface area contributed by atoms with E-state index >= 15 is 0 Å². The molecular weight excluding hydrogens is 330 g/mol. The lowest BCUT2D eigenvalue weighted by Gasteiger charge is -2.26. The van der Waals surface area contributed by atoms with Gasteiger partial charge >= 0.3 is 0 Å². The van der Waals surface area contributed by atoms with Crippen LogP contribution >= 0.6 is 11.3 Å². The quantitative estimate of drug-likeness (QED) is 0.625. The van der Waals surface area contributed by atoms with Crippen molar-refractivity contribution in [2.24, 2.45) is 0 Å². The van der Waals surface area contributed by atoms with E-state index in [1.54, 1.807) is 17.4 Å². The molecule has 2 atom stereocenters. The maximum Gasteiger partial charge on any atom is 0.131 e. The Balaban J connectivity index is 1.96. The molecule has 4 nitrogen and oxygen atoms in total. The second kappa shape index (κ2) is 10.1. The molecular formula is C20H27N3OS. The largest absolute Gasteiger partial charge is 0.389 e. The number of likely N-dealkylation sites (N-methyl/N-ethyl adjacent to an activating group) is 2. The molecule has 0 aliphatic heterocycles. The number of nitrogens with zero attached hydrogens (tertiary/aromatic N) is 1. The van der Waals surface area contributed by atoms with Crippen LogP contribution in [0.15, 0.2) is 59.6 Å². The van der Waals surface area contributed by atoms with Crippen molar-refractivity contribution in [1.29, 1.82) is 5.41 Å². The van der Waals surface area contributed by atoms with Crippen molar-refractivity contribution < 1.29 is 4.74 Å². The minimum Gasteiger partial charge on any atom is -0.389 e. The SMILES string of the molecule is CN/C(=C\C=N)C(OCCN(C)C(C)c1ccccc1)c1cccs1. The summed E-state index contributed by atoms with van der Waals surface area (Å²) in [5, 5.41) is 12.6. The molecule has 1 aromatic carbocycles. The maximum absolute atomic E-state index is 7.35. The molecule has 2 aromatic rings. The Labute approximate surface area is 154 Å². The summed E-state index contributed by atoms with van der Waals surface area (Å²) in [4.78, 5) is 3.43. The summed E-state index contributed by atoms with van der Waals surface area (Å²) in [6, 6.07) is 14.9. The van der Waals surface area contributed by atoms with Gasteiger partial charge in [0.1, 0.15) is 6.10 Å². The van der Waals surface area contributed by atoms with Crippen molar-refractivity contribution in [3.8, 4) is 0 Å². The number of nitrogens with one attached hydrogen (secondary N) is 2. The highest BCUT2D eigenvalue weighted by Gasteiger charge is 2.18. The molecule has 0 amide bonds. The Morgan fingerprint density at radius 2 is 2.04 bits per heavy atom. The number of ether oxygens (including phenoxy) is 1. The minimum absolute atomic E-state index is 0.160. The summed E-state index contributed by atoms with van der Waals surface area (Å²) in [6.07, 6.45) is 2.88. The molecule has 0 bridgehead atoms. The molecule has 134 valence electrons. The highest BCUT2D eigenvalue weighted by Crippen LogP contribution is 2.28. The fraction of sp³-hybridized carbons (Fsp3) is 0.350. The van der Waals surface area contributed by atoms with Gasteiger partial charge in [-0.25, -0.2) is 0 Å². The smallest absolute Gasteiger partial charge is 0.131 e. The third-order valence-corrected chi connectivity index (χ3v) is 5.22. The zero-order valence-electron chi connectivity index (χ0n) is 15.1. The van der Waals surface area contributed by atoms with Crippen LogP contribution < -0.4 is 5.32 Å². The molecule has 2 N–H and O–H groups in total. The zero-order chi connectivity index (χ0) is 18.1. The fourth-order valence-corrected chi connectivity index (χ4v) is 3.44. The van der Waals surface area contributed by atoms with Crippen LogP contribution in [0.4, 0.5) is 0 Å². The normalized spacial score (nSPS) is 14.3. The Bertz CT molecular complexity index is 655. The van der Waals surface area contributed by atoms with Crippen molar-refractivity contribution in [3.05, 3.63) is 70.1 Å². The van der Waals surface area contributed by atoms with Crippen molar-refractivity contribution in [2.45, 2.75) is 19.1 Å². The highest BCUT2D eigenvalue weighted by molar-refractivity contribution is 7.10. The van der Waals surface area contributed by atoms with Gasteiger partial charge in [0.15, 0.2) is 0 Å². The number of benzene rings is 1. The molecule has 25 heavy (non-hydrogen) atoms. The molecule has 5 heteroatoms. The van der Waals surface area contributed by atoms with E-state index in [1.807, 2.05) is 24.6 Å². The van der Waals surface area contributed by atoms with E-state index in [4.69, 9.17) is 10.1 Å². The summed E-state index contributed by atoms with van der Waals surface area (Å²) < 4.78 is 6.18. The Kier molecular flexibility index (Phi) is 7.85. The molecule has 2 unspecified atom stereocenters. The van der Waals surface area contributed by atoms with E-state index in [9.17, 15) is 0 Å². The van der Waals surface area contributed by atoms with Crippen molar-refractivity contribution >= 4 is 17.6 Å². The number of thiophene rings is 1. The molecule has 1 heterocycles. The molecule has 0 spiro atoms. The lowest BCUT2D eigenvalue weighted by Crippen LogP contribution is -2.28. The maximum atomic E-state index is 7.35. The van der Waals surface area contributed by atoms with Gasteiger partial charge in [-0.15, -0.1) is 11.3 Å². The molecule has 0 aliphatic carbocycles. The van der Waals surface area contributed by atoms with Crippen LogP contribution in [0.5, 0.6) is 0 Å². The lowest BCUT2D eigenvalue weighted by atomic mass is 10.1. The van der Waals surface area contributed by atoms with Crippen LogP contribution in [0.1, 0.15) is 29.5 Å². The molecule has 2 rings (SSSR count). The summed E-state index contributed by atoms with van der Waals surface area (Å²) in [5.74, 6) is 0. The number of rotatable bonds is 10. The third kappa shape index (κ3) is 5.53. The number of hydrogen-bond acceptors (Lipinski definition) is 5. The van der Waals surface area contributed by atoms with Gasteiger partial charge < -0.3 is 15.5 Å². The number of hydrogen-bond donors (Lipinski definition) is 2. The molecule has 1 aromatic heterocycles. The average Bonchev–Trinajstić information content (AvgIpc) is 3.18. The standard InChI is InChI=1S/C20H27N3OS/c1-16(17-8-5-4-6-9-17)23(3)13-14-24-20(18(22-2)11-12-21)19-10-7-15-25-19/h4-12,15-16,20-22H,13-14H2,1-3H3/b18-11-,21-12?. The van der Waals surface area contributed by atoms with Gasteiger partial charge in [0.25, 0.3) is 0 Å². The first-order valence-corrected chi connectivity index (χ1v) is 9.34. The van der Waals surface area contributed by atoms with Gasteiger partial charge in [-0.3, -0.25) is 4.90 Å². The van der Waals surface area contributed by atoms with Gasteiger partial charge in [0.2, 0.25) is 0 Å². The van der Waals surface area contributed by atoms with E-state index in [0.29, 0.717) is 12.6 Å². The van der Waals surface area contributed by atoms with Crippen LogP contribution in [0.3, 0.4) is 0 Å². The second-order valence-corrected chi connectivity index (χ2v) is 6.85. The molecule has 0 saturated carbocycles. The van der Waals surface area contributed by atoms with Crippen LogP contribution in [0.2, 0.25) is 0 Å². The first kappa shape index (κ1) is 19.4. The molecule has 0 aliphatic rings. The van der Waals surface area contributed by atoms with E-state index in [1.165, 1.54) is 11.8 Å². The Hall–Kier alpha value is -1.95. The second-order valence-electron chi connectivity index (χ2n) is 5.87. The van der Waals surface area contributed by atoms with Gasteiger partial charge in [-0.05, 0) is 37.1 Å². The average molecular weight is 358 g/mol. The molecule has 0 fully saturated rings. The third-order valence-electron chi connectivity index (χ3n) is 4.31. The minimum atomic E-state index is -0.160. The van der Waals surface area contributed by atoms with E-state index in [2.05, 4.69) is 54.5 Å². The first-order valence-electron chi connectivity index (χ1n) is 8.46. The zero-order valence-corrected chi connectivity index (χ0v) is 15.9. The fourth-order valence-electron chi connectivity index (χ4n) is 2.65. The number of allylic oxidation sites excluding steroid dienone is 1. The van der Waals surface area contributed by atoms with Crippen LogP contribution in [-0.4, -0.2) is 38.4 Å². The topological polar surface area (TPSA) is 48.4 Å². The van der Waals surface area contributed by atoms with Crippen LogP contribution in [0.25, 0.3) is 0 Å². The van der Waals surface area contributed by atoms with Gasteiger partial charge in [-0.2, -0.15) is 0 Å². The van der Waals surface area contributed by atoms with Gasteiger partial charge in [-0.1, -0.05) is 36.4 Å². The molecule has 0 saturated heterocycles. The monoisotopic (exact) mass is 357 g/mol. The predicted molar refractivity (Wildman–Crippen MR) is 106 cm³/mol. The lowest BCUT2D eigenvalue weighted by molar-refractivity contribution is 0.0546. The van der Waals surface area contributed by atoms with E-state index in [0.717, 1.165) is 17.1 Å². The van der Waals surface area contributed by atoms with Crippen molar-refractivity contribution in [3.63, 3.8) is 0 Å². The molecule has 0 radical (unpaired) electrons.